The van der Waals surface area contributed by atoms with Gasteiger partial charge in [-0.2, -0.15) is 13.2 Å². The van der Waals surface area contributed by atoms with Crippen molar-refractivity contribution in [2.24, 2.45) is 0 Å². The third kappa shape index (κ3) is 4.50. The minimum atomic E-state index is -4.46. The zero-order valence-electron chi connectivity index (χ0n) is 15.8. The normalized spacial score (nSPS) is 12.0. The van der Waals surface area contributed by atoms with Crippen molar-refractivity contribution in [3.8, 4) is 11.4 Å². The van der Waals surface area contributed by atoms with Crippen molar-refractivity contribution in [2.75, 3.05) is 12.4 Å². The monoisotopic (exact) mass is 409 g/mol. The van der Waals surface area contributed by atoms with E-state index in [0.29, 0.717) is 17.9 Å². The second-order valence-electron chi connectivity index (χ2n) is 6.25. The molecule has 0 fully saturated rings. The van der Waals surface area contributed by atoms with Crippen LogP contribution in [0.25, 0.3) is 22.6 Å². The summed E-state index contributed by atoms with van der Waals surface area (Å²) in [5.74, 6) is 1.53. The van der Waals surface area contributed by atoms with Crippen LogP contribution >= 0.6 is 11.8 Å². The van der Waals surface area contributed by atoms with E-state index in [2.05, 4.69) is 16.9 Å². The van der Waals surface area contributed by atoms with Crippen LogP contribution in [-0.4, -0.2) is 26.9 Å². The van der Waals surface area contributed by atoms with Gasteiger partial charge in [-0.3, -0.25) is 4.57 Å². The van der Waals surface area contributed by atoms with Gasteiger partial charge in [0.15, 0.2) is 5.65 Å². The molecular weight excluding hydrogens is 387 g/mol. The Hall–Kier alpha value is -2.06. The molecule has 0 unspecified atom stereocenters. The van der Waals surface area contributed by atoms with E-state index < -0.39 is 11.7 Å². The standard InChI is InChI=1S/C20H22F3N3OS/c1-3-5-10-28-17-9-7-6-8-15(17)19-25-18-16(26(19)13-27-4-2)11-14(12-24-18)20(21,22)23/h6-9,11-12H,3-5,10,13H2,1-2H3. The number of pyridine rings is 1. The molecule has 0 N–H and O–H groups in total. The average Bonchev–Trinajstić information content (AvgIpc) is 3.04. The number of benzene rings is 1. The van der Waals surface area contributed by atoms with Crippen LogP contribution in [-0.2, 0) is 17.6 Å². The summed E-state index contributed by atoms with van der Waals surface area (Å²) in [6.07, 6.45) is -1.45. The molecule has 4 nitrogen and oxygen atoms in total. The number of rotatable bonds is 8. The molecule has 0 aliphatic heterocycles. The van der Waals surface area contributed by atoms with Gasteiger partial charge >= 0.3 is 6.18 Å². The summed E-state index contributed by atoms with van der Waals surface area (Å²) in [5.41, 5.74) is 0.660. The van der Waals surface area contributed by atoms with Gasteiger partial charge in [0.2, 0.25) is 0 Å². The third-order valence-corrected chi connectivity index (χ3v) is 5.40. The zero-order valence-corrected chi connectivity index (χ0v) is 16.6. The smallest absolute Gasteiger partial charge is 0.361 e. The second kappa shape index (κ2) is 8.96. The fourth-order valence-corrected chi connectivity index (χ4v) is 3.93. The number of ether oxygens (including phenoxy) is 1. The van der Waals surface area contributed by atoms with Gasteiger partial charge in [-0.05, 0) is 31.2 Å². The summed E-state index contributed by atoms with van der Waals surface area (Å²) in [5, 5.41) is 0. The van der Waals surface area contributed by atoms with Crippen LogP contribution in [0.5, 0.6) is 0 Å². The number of nitrogens with zero attached hydrogens (tertiary/aromatic N) is 3. The SMILES string of the molecule is CCCCSc1ccccc1-c1nc2ncc(C(F)(F)F)cc2n1COCC. The van der Waals surface area contributed by atoms with Crippen LogP contribution in [0.1, 0.15) is 32.3 Å². The molecule has 0 atom stereocenters. The maximum absolute atomic E-state index is 13.2. The molecule has 2 aromatic heterocycles. The summed E-state index contributed by atoms with van der Waals surface area (Å²) < 4.78 is 46.7. The van der Waals surface area contributed by atoms with Gasteiger partial charge in [0.1, 0.15) is 12.6 Å². The minimum absolute atomic E-state index is 0.110. The Morgan fingerprint density at radius 3 is 2.68 bits per heavy atom. The molecule has 0 saturated heterocycles. The number of aromatic nitrogens is 3. The number of imidazole rings is 1. The molecule has 8 heteroatoms. The summed E-state index contributed by atoms with van der Waals surface area (Å²) in [4.78, 5) is 9.53. The van der Waals surface area contributed by atoms with Gasteiger partial charge < -0.3 is 4.74 Å². The topological polar surface area (TPSA) is 39.9 Å². The molecule has 28 heavy (non-hydrogen) atoms. The lowest BCUT2D eigenvalue weighted by molar-refractivity contribution is -0.137. The Bertz CT molecular complexity index is 940. The first-order valence-electron chi connectivity index (χ1n) is 9.19. The van der Waals surface area contributed by atoms with E-state index in [-0.39, 0.29) is 12.4 Å². The highest BCUT2D eigenvalue weighted by atomic mass is 32.2. The molecule has 0 amide bonds. The fourth-order valence-electron chi connectivity index (χ4n) is 2.78. The molecule has 0 saturated carbocycles. The number of hydrogen-bond acceptors (Lipinski definition) is 4. The number of fused-ring (bicyclic) bond motifs is 1. The Morgan fingerprint density at radius 1 is 1.18 bits per heavy atom. The first-order chi connectivity index (χ1) is 13.5. The third-order valence-electron chi connectivity index (χ3n) is 4.24. The first kappa shape index (κ1) is 20.7. The lowest BCUT2D eigenvalue weighted by atomic mass is 10.2. The summed E-state index contributed by atoms with van der Waals surface area (Å²) in [7, 11) is 0. The summed E-state index contributed by atoms with van der Waals surface area (Å²) in [6.45, 7) is 4.53. The molecule has 3 rings (SSSR count). The van der Waals surface area contributed by atoms with E-state index in [1.165, 1.54) is 0 Å². The quantitative estimate of drug-likeness (QED) is 0.338. The van der Waals surface area contributed by atoms with E-state index in [9.17, 15) is 13.2 Å². The number of thioether (sulfide) groups is 1. The van der Waals surface area contributed by atoms with E-state index in [4.69, 9.17) is 4.74 Å². The van der Waals surface area contributed by atoms with E-state index in [1.54, 1.807) is 16.3 Å². The van der Waals surface area contributed by atoms with E-state index in [1.807, 2.05) is 31.2 Å². The Kier molecular flexibility index (Phi) is 6.61. The van der Waals surface area contributed by atoms with E-state index >= 15 is 0 Å². The number of alkyl halides is 3. The van der Waals surface area contributed by atoms with Crippen molar-refractivity contribution in [3.63, 3.8) is 0 Å². The zero-order chi connectivity index (χ0) is 20.1. The molecule has 0 aliphatic carbocycles. The maximum Gasteiger partial charge on any atom is 0.417 e. The molecule has 0 radical (unpaired) electrons. The van der Waals surface area contributed by atoms with Crippen LogP contribution in [0.2, 0.25) is 0 Å². The van der Waals surface area contributed by atoms with Gasteiger partial charge in [0.05, 0.1) is 11.1 Å². The predicted octanol–water partition coefficient (Wildman–Crippen LogP) is 6.00. The first-order valence-corrected chi connectivity index (χ1v) is 10.2. The second-order valence-corrected chi connectivity index (χ2v) is 7.38. The highest BCUT2D eigenvalue weighted by Gasteiger charge is 2.32. The van der Waals surface area contributed by atoms with Crippen LogP contribution in [0.15, 0.2) is 41.4 Å². The Balaban J connectivity index is 2.13. The summed E-state index contributed by atoms with van der Waals surface area (Å²) in [6, 6.07) is 8.88. The van der Waals surface area contributed by atoms with Crippen molar-refractivity contribution in [1.29, 1.82) is 0 Å². The van der Waals surface area contributed by atoms with Crippen LogP contribution in [0.4, 0.5) is 13.2 Å². The number of unbranched alkanes of at least 4 members (excludes halogenated alkanes) is 1. The Labute approximate surface area is 166 Å². The highest BCUT2D eigenvalue weighted by molar-refractivity contribution is 7.99. The van der Waals surface area contributed by atoms with Crippen molar-refractivity contribution < 1.29 is 17.9 Å². The highest BCUT2D eigenvalue weighted by Crippen LogP contribution is 2.35. The van der Waals surface area contributed by atoms with Gasteiger partial charge in [-0.15, -0.1) is 11.8 Å². The molecular formula is C20H22F3N3OS. The number of hydrogen-bond donors (Lipinski definition) is 0. The van der Waals surface area contributed by atoms with Crippen molar-refractivity contribution in [1.82, 2.24) is 14.5 Å². The molecule has 0 bridgehead atoms. The fraction of sp³-hybridized carbons (Fsp3) is 0.400. The summed E-state index contributed by atoms with van der Waals surface area (Å²) >= 11 is 1.72. The van der Waals surface area contributed by atoms with Crippen molar-refractivity contribution >= 4 is 22.9 Å². The molecule has 0 aliphatic rings. The molecule has 3 aromatic rings. The molecule has 150 valence electrons. The average molecular weight is 409 g/mol. The van der Waals surface area contributed by atoms with Crippen molar-refractivity contribution in [2.45, 2.75) is 44.5 Å². The number of halogens is 3. The Morgan fingerprint density at radius 2 is 1.96 bits per heavy atom. The van der Waals surface area contributed by atoms with Crippen molar-refractivity contribution in [3.05, 3.63) is 42.1 Å². The molecule has 0 spiro atoms. The molecule has 2 heterocycles. The molecule has 1 aromatic carbocycles. The van der Waals surface area contributed by atoms with E-state index in [0.717, 1.165) is 41.3 Å². The maximum atomic E-state index is 13.2. The predicted molar refractivity (Wildman–Crippen MR) is 105 cm³/mol. The van der Waals surface area contributed by atoms with Gasteiger partial charge in [-0.25, -0.2) is 9.97 Å². The minimum Gasteiger partial charge on any atom is -0.361 e. The van der Waals surface area contributed by atoms with Crippen LogP contribution in [0.3, 0.4) is 0 Å². The largest absolute Gasteiger partial charge is 0.417 e. The van der Waals surface area contributed by atoms with Gasteiger partial charge in [-0.1, -0.05) is 31.5 Å². The lowest BCUT2D eigenvalue weighted by Crippen LogP contribution is -2.08. The van der Waals surface area contributed by atoms with Crippen LogP contribution < -0.4 is 0 Å². The van der Waals surface area contributed by atoms with Gasteiger partial charge in [0, 0.05) is 23.3 Å². The van der Waals surface area contributed by atoms with Crippen LogP contribution in [0, 0.1) is 0 Å². The van der Waals surface area contributed by atoms with Gasteiger partial charge in [0.25, 0.3) is 0 Å². The lowest BCUT2D eigenvalue weighted by Gasteiger charge is -2.13.